The van der Waals surface area contributed by atoms with Crippen molar-refractivity contribution in [3.05, 3.63) is 35.4 Å². The van der Waals surface area contributed by atoms with E-state index in [4.69, 9.17) is 5.11 Å². The second-order valence-corrected chi connectivity index (χ2v) is 4.78. The van der Waals surface area contributed by atoms with Crippen molar-refractivity contribution in [1.82, 2.24) is 4.90 Å². The molecular weight excluding hydrogens is 291 g/mol. The van der Waals surface area contributed by atoms with E-state index in [1.54, 1.807) is 0 Å². The minimum atomic E-state index is -4.50. The number of carboxylic acids is 1. The molecule has 0 saturated carbocycles. The van der Waals surface area contributed by atoms with E-state index < -0.39 is 35.8 Å². The second kappa shape index (κ2) is 5.36. The number of benzene rings is 1. The summed E-state index contributed by atoms with van der Waals surface area (Å²) in [7, 11) is 0. The Balaban J connectivity index is 2.22. The van der Waals surface area contributed by atoms with Crippen LogP contribution in [0, 0.1) is 0 Å². The summed E-state index contributed by atoms with van der Waals surface area (Å²) in [6, 6.07) is 2.34. The van der Waals surface area contributed by atoms with Crippen LogP contribution >= 0.6 is 0 Å². The number of aliphatic hydroxyl groups is 1. The van der Waals surface area contributed by atoms with Gasteiger partial charge in [-0.15, -0.1) is 0 Å². The van der Waals surface area contributed by atoms with Gasteiger partial charge in [-0.05, 0) is 24.3 Å². The van der Waals surface area contributed by atoms with Crippen LogP contribution in [-0.2, 0) is 11.0 Å². The van der Waals surface area contributed by atoms with Crippen LogP contribution < -0.4 is 0 Å². The fourth-order valence-electron chi connectivity index (χ4n) is 2.24. The zero-order valence-corrected chi connectivity index (χ0v) is 10.7. The molecule has 114 valence electrons. The Kier molecular flexibility index (Phi) is 3.91. The van der Waals surface area contributed by atoms with Crippen molar-refractivity contribution >= 4 is 11.9 Å². The lowest BCUT2D eigenvalue weighted by molar-refractivity contribution is -0.141. The number of rotatable bonds is 2. The molecule has 2 unspecified atom stereocenters. The number of halogens is 3. The van der Waals surface area contributed by atoms with Gasteiger partial charge >= 0.3 is 12.1 Å². The number of amides is 1. The van der Waals surface area contributed by atoms with E-state index in [0.29, 0.717) is 0 Å². The number of β-amino-alcohol motifs (C(OH)–C–C–N with tert-alkyl or cyclic N) is 1. The summed E-state index contributed by atoms with van der Waals surface area (Å²) in [5, 5.41) is 18.5. The molecule has 5 nitrogen and oxygen atoms in total. The van der Waals surface area contributed by atoms with Crippen LogP contribution in [0.25, 0.3) is 0 Å². The number of aliphatic carboxylic acids is 1. The van der Waals surface area contributed by atoms with Crippen molar-refractivity contribution in [3.63, 3.8) is 0 Å². The Bertz CT molecular complexity index is 556. The molecule has 1 saturated heterocycles. The van der Waals surface area contributed by atoms with Gasteiger partial charge in [0.2, 0.25) is 0 Å². The highest BCUT2D eigenvalue weighted by Gasteiger charge is 2.39. The van der Waals surface area contributed by atoms with Crippen LogP contribution in [0.2, 0.25) is 0 Å². The average molecular weight is 303 g/mol. The fourth-order valence-corrected chi connectivity index (χ4v) is 2.24. The topological polar surface area (TPSA) is 77.8 Å². The molecular formula is C13H12F3NO4. The number of aliphatic hydroxyl groups excluding tert-OH is 1. The molecule has 1 aliphatic rings. The van der Waals surface area contributed by atoms with Crippen molar-refractivity contribution in [3.8, 4) is 0 Å². The molecule has 21 heavy (non-hydrogen) atoms. The zero-order chi connectivity index (χ0) is 15.8. The minimum Gasteiger partial charge on any atom is -0.480 e. The lowest BCUT2D eigenvalue weighted by Gasteiger charge is -2.21. The molecule has 0 radical (unpaired) electrons. The fraction of sp³-hybridized carbons (Fsp3) is 0.385. The van der Waals surface area contributed by atoms with E-state index >= 15 is 0 Å². The minimum absolute atomic E-state index is 0.0525. The molecule has 1 amide bonds. The molecule has 2 atom stereocenters. The predicted octanol–water partition coefficient (Wildman–Crippen LogP) is 1.37. The van der Waals surface area contributed by atoms with E-state index in [-0.39, 0.29) is 18.5 Å². The number of hydrogen-bond donors (Lipinski definition) is 2. The molecule has 1 aromatic carbocycles. The summed E-state index contributed by atoms with van der Waals surface area (Å²) in [6.45, 7) is -0.156. The van der Waals surface area contributed by atoms with Gasteiger partial charge in [0.25, 0.3) is 5.91 Å². The molecule has 1 aromatic rings. The Morgan fingerprint density at radius 1 is 1.19 bits per heavy atom. The first kappa shape index (κ1) is 15.3. The van der Waals surface area contributed by atoms with Gasteiger partial charge in [0.1, 0.15) is 6.04 Å². The second-order valence-electron chi connectivity index (χ2n) is 4.78. The largest absolute Gasteiger partial charge is 0.480 e. The molecule has 1 aliphatic heterocycles. The first-order chi connectivity index (χ1) is 9.70. The summed E-state index contributed by atoms with van der Waals surface area (Å²) in [4.78, 5) is 24.1. The Morgan fingerprint density at radius 3 is 2.24 bits per heavy atom. The highest BCUT2D eigenvalue weighted by atomic mass is 19.4. The highest BCUT2D eigenvalue weighted by Crippen LogP contribution is 2.29. The number of hydrogen-bond acceptors (Lipinski definition) is 3. The van der Waals surface area contributed by atoms with E-state index in [2.05, 4.69) is 0 Å². The summed E-state index contributed by atoms with van der Waals surface area (Å²) >= 11 is 0. The molecule has 2 rings (SSSR count). The summed E-state index contributed by atoms with van der Waals surface area (Å²) in [5.74, 6) is -1.97. The van der Waals surface area contributed by atoms with Crippen molar-refractivity contribution < 1.29 is 33.0 Å². The molecule has 0 aliphatic carbocycles. The van der Waals surface area contributed by atoms with Crippen LogP contribution in [0.5, 0.6) is 0 Å². The normalized spacial score (nSPS) is 22.4. The summed E-state index contributed by atoms with van der Waals surface area (Å²) < 4.78 is 37.3. The average Bonchev–Trinajstić information content (AvgIpc) is 2.79. The molecule has 0 bridgehead atoms. The predicted molar refractivity (Wildman–Crippen MR) is 64.5 cm³/mol. The smallest absolute Gasteiger partial charge is 0.416 e. The van der Waals surface area contributed by atoms with Crippen molar-refractivity contribution in [2.24, 2.45) is 0 Å². The Morgan fingerprint density at radius 2 is 1.76 bits per heavy atom. The third-order valence-electron chi connectivity index (χ3n) is 3.28. The van der Waals surface area contributed by atoms with Crippen LogP contribution in [-0.4, -0.2) is 45.7 Å². The van der Waals surface area contributed by atoms with Gasteiger partial charge in [0, 0.05) is 18.5 Å². The van der Waals surface area contributed by atoms with Crippen LogP contribution in [0.15, 0.2) is 24.3 Å². The quantitative estimate of drug-likeness (QED) is 0.865. The first-order valence-corrected chi connectivity index (χ1v) is 6.09. The molecule has 0 spiro atoms. The van der Waals surface area contributed by atoms with Crippen molar-refractivity contribution in [2.45, 2.75) is 24.7 Å². The van der Waals surface area contributed by atoms with E-state index in [0.717, 1.165) is 29.2 Å². The third kappa shape index (κ3) is 3.15. The Labute approximate surface area is 117 Å². The van der Waals surface area contributed by atoms with Crippen LogP contribution in [0.3, 0.4) is 0 Å². The zero-order valence-electron chi connectivity index (χ0n) is 10.7. The highest BCUT2D eigenvalue weighted by molar-refractivity contribution is 5.97. The number of likely N-dealkylation sites (tertiary alicyclic amines) is 1. The van der Waals surface area contributed by atoms with Gasteiger partial charge in [-0.25, -0.2) is 4.79 Å². The van der Waals surface area contributed by atoms with Gasteiger partial charge in [-0.2, -0.15) is 13.2 Å². The third-order valence-corrected chi connectivity index (χ3v) is 3.28. The van der Waals surface area contributed by atoms with Crippen LogP contribution in [0.4, 0.5) is 13.2 Å². The standard InChI is InChI=1S/C13H12F3NO4/c14-13(15,16)8-3-1-7(2-4-8)11(19)17-6-9(18)5-10(17)12(20)21/h1-4,9-10,18H,5-6H2,(H,20,21). The number of carboxylic acid groups (broad SMARTS) is 1. The number of carbonyl (C=O) groups is 2. The molecule has 2 N–H and O–H groups in total. The summed E-state index contributed by atoms with van der Waals surface area (Å²) in [6.07, 6.45) is -5.55. The van der Waals surface area contributed by atoms with E-state index in [9.17, 15) is 27.9 Å². The van der Waals surface area contributed by atoms with Crippen molar-refractivity contribution in [2.75, 3.05) is 6.54 Å². The summed E-state index contributed by atoms with van der Waals surface area (Å²) in [5.41, 5.74) is -0.946. The lowest BCUT2D eigenvalue weighted by Crippen LogP contribution is -2.40. The van der Waals surface area contributed by atoms with Gasteiger partial charge in [-0.1, -0.05) is 0 Å². The van der Waals surface area contributed by atoms with Gasteiger partial charge in [0.15, 0.2) is 0 Å². The van der Waals surface area contributed by atoms with Gasteiger partial charge < -0.3 is 15.1 Å². The van der Waals surface area contributed by atoms with Crippen molar-refractivity contribution in [1.29, 1.82) is 0 Å². The number of carbonyl (C=O) groups excluding carboxylic acids is 1. The van der Waals surface area contributed by atoms with Crippen LogP contribution in [0.1, 0.15) is 22.3 Å². The lowest BCUT2D eigenvalue weighted by atomic mass is 10.1. The van der Waals surface area contributed by atoms with Gasteiger partial charge in [0.05, 0.1) is 11.7 Å². The number of alkyl halides is 3. The molecule has 1 fully saturated rings. The maximum Gasteiger partial charge on any atom is 0.416 e. The maximum atomic E-state index is 12.4. The van der Waals surface area contributed by atoms with Gasteiger partial charge in [-0.3, -0.25) is 4.79 Å². The van der Waals surface area contributed by atoms with E-state index in [1.165, 1.54) is 0 Å². The molecule has 8 heteroatoms. The molecule has 0 aromatic heterocycles. The first-order valence-electron chi connectivity index (χ1n) is 6.09. The SMILES string of the molecule is O=C(O)C1CC(O)CN1C(=O)c1ccc(C(F)(F)F)cc1. The maximum absolute atomic E-state index is 12.4. The monoisotopic (exact) mass is 303 g/mol. The molecule has 1 heterocycles. The Hall–Kier alpha value is -2.09. The number of nitrogens with zero attached hydrogens (tertiary/aromatic N) is 1. The van der Waals surface area contributed by atoms with E-state index in [1.807, 2.05) is 0 Å².